The summed E-state index contributed by atoms with van der Waals surface area (Å²) >= 11 is 0. The summed E-state index contributed by atoms with van der Waals surface area (Å²) in [6, 6.07) is 0. The van der Waals surface area contributed by atoms with E-state index in [0.29, 0.717) is 16.2 Å². The fourth-order valence-electron chi connectivity index (χ4n) is 4.88. The maximum Gasteiger partial charge on any atom is 0.207 e. The van der Waals surface area contributed by atoms with Crippen molar-refractivity contribution in [2.75, 3.05) is 0 Å². The van der Waals surface area contributed by atoms with Crippen molar-refractivity contribution in [3.63, 3.8) is 0 Å². The molecular formula is C17H34OSi. The highest BCUT2D eigenvalue weighted by molar-refractivity contribution is 6.81. The van der Waals surface area contributed by atoms with Gasteiger partial charge in [0.1, 0.15) is 0 Å². The van der Waals surface area contributed by atoms with Gasteiger partial charge in [-0.3, -0.25) is 0 Å². The molecule has 0 spiro atoms. The molecule has 1 saturated carbocycles. The minimum atomic E-state index is -1.81. The zero-order chi connectivity index (χ0) is 14.6. The van der Waals surface area contributed by atoms with Crippen LogP contribution in [0.3, 0.4) is 0 Å². The Morgan fingerprint density at radius 1 is 0.947 bits per heavy atom. The average Bonchev–Trinajstić information content (AvgIpc) is 2.93. The molecular weight excluding hydrogens is 248 g/mol. The molecule has 0 aromatic rings. The predicted octanol–water partition coefficient (Wildman–Crippen LogP) is 5.76. The Balaban J connectivity index is 2.43. The van der Waals surface area contributed by atoms with Crippen molar-refractivity contribution in [1.82, 2.24) is 0 Å². The normalized spacial score (nSPS) is 32.1. The van der Waals surface area contributed by atoms with Gasteiger partial charge in [-0.05, 0) is 46.7 Å². The molecule has 1 aliphatic heterocycles. The van der Waals surface area contributed by atoms with Gasteiger partial charge in [-0.15, -0.1) is 0 Å². The van der Waals surface area contributed by atoms with Crippen molar-refractivity contribution >= 4 is 8.32 Å². The van der Waals surface area contributed by atoms with Gasteiger partial charge in [-0.2, -0.15) is 0 Å². The van der Waals surface area contributed by atoms with Crippen molar-refractivity contribution in [2.24, 2.45) is 11.8 Å². The Morgan fingerprint density at radius 3 is 1.68 bits per heavy atom. The number of rotatable bonds is 2. The maximum atomic E-state index is 7.01. The summed E-state index contributed by atoms with van der Waals surface area (Å²) in [7, 11) is -1.81. The first-order valence-corrected chi connectivity index (χ1v) is 10.2. The van der Waals surface area contributed by atoms with E-state index in [1.165, 1.54) is 19.3 Å². The van der Waals surface area contributed by atoms with E-state index in [1.54, 1.807) is 0 Å². The van der Waals surface area contributed by atoms with Crippen LogP contribution in [0.25, 0.3) is 0 Å². The summed E-state index contributed by atoms with van der Waals surface area (Å²) in [6.45, 7) is 19.5. The van der Waals surface area contributed by atoms with Crippen molar-refractivity contribution in [1.29, 1.82) is 0 Å². The van der Waals surface area contributed by atoms with Crippen LogP contribution in [0.15, 0.2) is 0 Å². The predicted molar refractivity (Wildman–Crippen MR) is 86.0 cm³/mol. The van der Waals surface area contributed by atoms with E-state index < -0.39 is 8.32 Å². The van der Waals surface area contributed by atoms with E-state index in [2.05, 4.69) is 55.4 Å². The summed E-state index contributed by atoms with van der Waals surface area (Å²) in [4.78, 5) is 0. The number of hydrogen-bond donors (Lipinski definition) is 0. The molecule has 1 aliphatic carbocycles. The van der Waals surface area contributed by atoms with Crippen molar-refractivity contribution in [3.8, 4) is 0 Å². The molecule has 0 bridgehead atoms. The first kappa shape index (κ1) is 15.6. The van der Waals surface area contributed by atoms with Crippen LogP contribution in [-0.4, -0.2) is 14.4 Å². The monoisotopic (exact) mass is 282 g/mol. The molecule has 1 nitrogen and oxygen atoms in total. The van der Waals surface area contributed by atoms with Crippen LogP contribution in [0.4, 0.5) is 0 Å². The first-order valence-electron chi connectivity index (χ1n) is 8.18. The van der Waals surface area contributed by atoms with Gasteiger partial charge in [0.2, 0.25) is 8.32 Å². The van der Waals surface area contributed by atoms with Gasteiger partial charge < -0.3 is 4.43 Å². The second-order valence-corrected chi connectivity index (χ2v) is 14.8. The molecule has 1 saturated heterocycles. The molecule has 0 aromatic carbocycles. The maximum absolute atomic E-state index is 7.01. The van der Waals surface area contributed by atoms with Gasteiger partial charge in [0.25, 0.3) is 0 Å². The van der Waals surface area contributed by atoms with E-state index in [9.17, 15) is 0 Å². The van der Waals surface area contributed by atoms with E-state index in [1.807, 2.05) is 0 Å². The standard InChI is InChI=1S/C17H34OSi/c1-12(2)15-11-14(13-9-10-13)18-19(15,16(3,4)5)17(6,7)8/h12-15H,9-11H2,1-8H3/t14?,15-/m0/s1. The second kappa shape index (κ2) is 4.59. The largest absolute Gasteiger partial charge is 0.412 e. The fourth-order valence-corrected chi connectivity index (χ4v) is 12.5. The highest BCUT2D eigenvalue weighted by Crippen LogP contribution is 2.65. The minimum absolute atomic E-state index is 0.323. The molecule has 2 fully saturated rings. The Hall–Kier alpha value is 0.177. The van der Waals surface area contributed by atoms with Gasteiger partial charge >= 0.3 is 0 Å². The zero-order valence-electron chi connectivity index (χ0n) is 14.3. The summed E-state index contributed by atoms with van der Waals surface area (Å²) in [5.74, 6) is 1.65. The third kappa shape index (κ3) is 2.44. The molecule has 0 aromatic heterocycles. The van der Waals surface area contributed by atoms with Crippen molar-refractivity contribution < 1.29 is 4.43 Å². The zero-order valence-corrected chi connectivity index (χ0v) is 15.3. The Kier molecular flexibility index (Phi) is 3.76. The molecule has 0 N–H and O–H groups in total. The fraction of sp³-hybridized carbons (Fsp3) is 1.00. The lowest BCUT2D eigenvalue weighted by molar-refractivity contribution is 0.176. The van der Waals surface area contributed by atoms with Crippen molar-refractivity contribution in [3.05, 3.63) is 0 Å². The van der Waals surface area contributed by atoms with Gasteiger partial charge in [0, 0.05) is 6.10 Å². The summed E-state index contributed by atoms with van der Waals surface area (Å²) in [5.41, 5.74) is 0.818. The van der Waals surface area contributed by atoms with E-state index in [0.717, 1.165) is 17.4 Å². The van der Waals surface area contributed by atoms with Gasteiger partial charge in [-0.1, -0.05) is 55.4 Å². The lowest BCUT2D eigenvalue weighted by atomic mass is 10.0. The molecule has 1 heterocycles. The Labute approximate surface area is 121 Å². The van der Waals surface area contributed by atoms with E-state index in [4.69, 9.17) is 4.43 Å². The molecule has 112 valence electrons. The van der Waals surface area contributed by atoms with Crippen LogP contribution >= 0.6 is 0 Å². The van der Waals surface area contributed by atoms with Crippen molar-refractivity contribution in [2.45, 2.75) is 96.4 Å². The lowest BCUT2D eigenvalue weighted by Gasteiger charge is -2.52. The Bertz CT molecular complexity index is 316. The molecule has 2 atom stereocenters. The third-order valence-electron chi connectivity index (χ3n) is 5.53. The summed E-state index contributed by atoms with van der Waals surface area (Å²) in [6.07, 6.45) is 4.74. The van der Waals surface area contributed by atoms with Gasteiger partial charge in [0.15, 0.2) is 0 Å². The van der Waals surface area contributed by atoms with E-state index >= 15 is 0 Å². The quantitative estimate of drug-likeness (QED) is 0.585. The minimum Gasteiger partial charge on any atom is -0.412 e. The van der Waals surface area contributed by atoms with Gasteiger partial charge in [0.05, 0.1) is 0 Å². The molecule has 2 aliphatic rings. The number of hydrogen-bond acceptors (Lipinski definition) is 1. The SMILES string of the molecule is CC(C)[C@@H]1CC(C2CC2)O[Si]1(C(C)(C)C)C(C)(C)C. The van der Waals surface area contributed by atoms with Crippen LogP contribution < -0.4 is 0 Å². The van der Waals surface area contributed by atoms with Crippen LogP contribution in [0, 0.1) is 11.8 Å². The Morgan fingerprint density at radius 2 is 1.42 bits per heavy atom. The smallest absolute Gasteiger partial charge is 0.207 e. The molecule has 2 heteroatoms. The molecule has 19 heavy (non-hydrogen) atoms. The topological polar surface area (TPSA) is 9.23 Å². The molecule has 1 unspecified atom stereocenters. The van der Waals surface area contributed by atoms with Crippen LogP contribution in [-0.2, 0) is 4.43 Å². The first-order chi connectivity index (χ1) is 8.50. The molecule has 2 rings (SSSR count). The molecule has 0 amide bonds. The summed E-state index contributed by atoms with van der Waals surface area (Å²) in [5, 5.41) is 0.646. The summed E-state index contributed by atoms with van der Waals surface area (Å²) < 4.78 is 7.01. The third-order valence-corrected chi connectivity index (χ3v) is 12.6. The molecule has 0 radical (unpaired) electrons. The van der Waals surface area contributed by atoms with E-state index in [-0.39, 0.29) is 0 Å². The average molecular weight is 283 g/mol. The highest BCUT2D eigenvalue weighted by atomic mass is 28.4. The van der Waals surface area contributed by atoms with Crippen LogP contribution in [0.5, 0.6) is 0 Å². The highest BCUT2D eigenvalue weighted by Gasteiger charge is 2.65. The van der Waals surface area contributed by atoms with Crippen LogP contribution in [0.2, 0.25) is 15.6 Å². The lowest BCUT2D eigenvalue weighted by Crippen LogP contribution is -2.56. The second-order valence-electron chi connectivity index (χ2n) is 9.32. The van der Waals surface area contributed by atoms with Gasteiger partial charge in [-0.25, -0.2) is 0 Å². The van der Waals surface area contributed by atoms with Crippen LogP contribution in [0.1, 0.15) is 74.7 Å².